The van der Waals surface area contributed by atoms with Crippen molar-refractivity contribution in [2.75, 3.05) is 7.05 Å². The van der Waals surface area contributed by atoms with Gasteiger partial charge in [0.2, 0.25) is 0 Å². The molecule has 1 aliphatic rings. The summed E-state index contributed by atoms with van der Waals surface area (Å²) in [6.45, 7) is 5.33. The van der Waals surface area contributed by atoms with Crippen molar-refractivity contribution < 1.29 is 5.11 Å². The van der Waals surface area contributed by atoms with Gasteiger partial charge in [-0.2, -0.15) is 0 Å². The van der Waals surface area contributed by atoms with Crippen LogP contribution in [-0.4, -0.2) is 21.7 Å². The van der Waals surface area contributed by atoms with Crippen LogP contribution in [0.2, 0.25) is 0 Å². The summed E-state index contributed by atoms with van der Waals surface area (Å²) >= 11 is 0. The minimum atomic E-state index is -0.139. The van der Waals surface area contributed by atoms with Gasteiger partial charge < -0.3 is 15.0 Å². The number of nitrogens with one attached hydrogen (secondary N) is 1. The highest BCUT2D eigenvalue weighted by Crippen LogP contribution is 2.27. The number of nitrogens with zero attached hydrogens (tertiary/aromatic N) is 2. The van der Waals surface area contributed by atoms with E-state index in [2.05, 4.69) is 28.7 Å². The van der Waals surface area contributed by atoms with E-state index in [1.54, 1.807) is 0 Å². The molecule has 1 aromatic heterocycles. The molecule has 0 aliphatic carbocycles. The molecule has 0 fully saturated rings. The maximum atomic E-state index is 9.35. The first-order valence-corrected chi connectivity index (χ1v) is 5.98. The minimum absolute atomic E-state index is 0.0507. The molecule has 0 spiro atoms. The molecule has 0 amide bonds. The molecule has 0 radical (unpaired) electrons. The van der Waals surface area contributed by atoms with E-state index in [-0.39, 0.29) is 12.1 Å². The Balaban J connectivity index is 2.50. The fourth-order valence-electron chi connectivity index (χ4n) is 2.33. The number of fused-ring (bicyclic) bond motifs is 1. The highest BCUT2D eigenvalue weighted by atomic mass is 16.3. The summed E-state index contributed by atoms with van der Waals surface area (Å²) in [6, 6.07) is 0. The van der Waals surface area contributed by atoms with Gasteiger partial charge in [0.15, 0.2) is 0 Å². The summed E-state index contributed by atoms with van der Waals surface area (Å²) in [4.78, 5) is 4.60. The summed E-state index contributed by atoms with van der Waals surface area (Å²) in [7, 11) is 1.95. The third kappa shape index (κ3) is 1.76. The second-order valence-electron chi connectivity index (χ2n) is 4.97. The van der Waals surface area contributed by atoms with Crippen LogP contribution >= 0.6 is 0 Å². The lowest BCUT2D eigenvalue weighted by molar-refractivity contribution is 0.275. The molecule has 0 saturated heterocycles. The van der Waals surface area contributed by atoms with Crippen LogP contribution < -0.4 is 5.32 Å². The van der Waals surface area contributed by atoms with Crippen LogP contribution in [0.25, 0.3) is 0 Å². The molecule has 0 atom stereocenters. The molecule has 1 aliphatic heterocycles. The lowest BCUT2D eigenvalue weighted by Crippen LogP contribution is -2.37. The van der Waals surface area contributed by atoms with E-state index in [0.717, 1.165) is 24.5 Å². The van der Waals surface area contributed by atoms with Crippen LogP contribution in [0.15, 0.2) is 0 Å². The molecule has 90 valence electrons. The Morgan fingerprint density at radius 1 is 1.44 bits per heavy atom. The second-order valence-corrected chi connectivity index (χ2v) is 4.97. The SMILES string of the molecule is CNC(C)(C)c1nc(CO)c2n1CCCC2. The van der Waals surface area contributed by atoms with Gasteiger partial charge in [-0.15, -0.1) is 0 Å². The van der Waals surface area contributed by atoms with Gasteiger partial charge in [0.05, 0.1) is 17.8 Å². The Morgan fingerprint density at radius 3 is 2.81 bits per heavy atom. The normalized spacial score (nSPS) is 16.2. The molecule has 4 nitrogen and oxygen atoms in total. The van der Waals surface area contributed by atoms with E-state index in [9.17, 15) is 5.11 Å². The molecule has 2 N–H and O–H groups in total. The van der Waals surface area contributed by atoms with Crippen LogP contribution in [0.4, 0.5) is 0 Å². The lowest BCUT2D eigenvalue weighted by atomic mass is 10.0. The zero-order valence-corrected chi connectivity index (χ0v) is 10.4. The van der Waals surface area contributed by atoms with Crippen molar-refractivity contribution in [2.24, 2.45) is 0 Å². The topological polar surface area (TPSA) is 50.1 Å². The molecule has 1 aromatic rings. The predicted molar refractivity (Wildman–Crippen MR) is 63.2 cm³/mol. The standard InChI is InChI=1S/C12H21N3O/c1-12(2,13-3)11-14-9(8-16)10-6-4-5-7-15(10)11/h13,16H,4-8H2,1-3H3. The Hall–Kier alpha value is -0.870. The van der Waals surface area contributed by atoms with E-state index in [1.165, 1.54) is 18.5 Å². The van der Waals surface area contributed by atoms with Gasteiger partial charge in [-0.05, 0) is 40.2 Å². The smallest absolute Gasteiger partial charge is 0.129 e. The highest BCUT2D eigenvalue weighted by Gasteiger charge is 2.28. The average molecular weight is 223 g/mol. The third-order valence-corrected chi connectivity index (χ3v) is 3.53. The van der Waals surface area contributed by atoms with Gasteiger partial charge in [0.1, 0.15) is 5.82 Å². The largest absolute Gasteiger partial charge is 0.390 e. The molecular formula is C12H21N3O. The van der Waals surface area contributed by atoms with Crippen LogP contribution in [0.1, 0.15) is 43.9 Å². The number of aliphatic hydroxyl groups excluding tert-OH is 1. The van der Waals surface area contributed by atoms with Gasteiger partial charge in [-0.1, -0.05) is 0 Å². The summed E-state index contributed by atoms with van der Waals surface area (Å²) in [5, 5.41) is 12.6. The third-order valence-electron chi connectivity index (χ3n) is 3.53. The molecule has 0 aromatic carbocycles. The van der Waals surface area contributed by atoms with Crippen molar-refractivity contribution in [3.8, 4) is 0 Å². The van der Waals surface area contributed by atoms with Crippen molar-refractivity contribution in [1.29, 1.82) is 0 Å². The summed E-state index contributed by atoms with van der Waals surface area (Å²) in [5.41, 5.74) is 1.95. The van der Waals surface area contributed by atoms with Gasteiger partial charge in [-0.25, -0.2) is 4.98 Å². The van der Waals surface area contributed by atoms with Crippen LogP contribution in [0, 0.1) is 0 Å². The first kappa shape index (κ1) is 11.6. The van der Waals surface area contributed by atoms with Gasteiger partial charge in [-0.3, -0.25) is 0 Å². The Kier molecular flexibility index (Phi) is 3.04. The quantitative estimate of drug-likeness (QED) is 0.808. The molecule has 2 heterocycles. The van der Waals surface area contributed by atoms with Crippen molar-refractivity contribution >= 4 is 0 Å². The average Bonchev–Trinajstić information content (AvgIpc) is 2.68. The molecule has 4 heteroatoms. The van der Waals surface area contributed by atoms with Gasteiger partial charge in [0.25, 0.3) is 0 Å². The zero-order valence-electron chi connectivity index (χ0n) is 10.4. The molecule has 0 bridgehead atoms. The first-order chi connectivity index (χ1) is 7.60. The number of aliphatic hydroxyl groups is 1. The monoisotopic (exact) mass is 223 g/mol. The highest BCUT2D eigenvalue weighted by molar-refractivity contribution is 5.22. The second kappa shape index (κ2) is 4.18. The first-order valence-electron chi connectivity index (χ1n) is 5.98. The maximum Gasteiger partial charge on any atom is 0.129 e. The van der Waals surface area contributed by atoms with Crippen LogP contribution in [-0.2, 0) is 25.1 Å². The van der Waals surface area contributed by atoms with Gasteiger partial charge >= 0.3 is 0 Å². The predicted octanol–water partition coefficient (Wildman–Crippen LogP) is 1.17. The molecule has 16 heavy (non-hydrogen) atoms. The zero-order chi connectivity index (χ0) is 11.8. The summed E-state index contributed by atoms with van der Waals surface area (Å²) in [6.07, 6.45) is 3.46. The van der Waals surface area contributed by atoms with E-state index in [0.29, 0.717) is 0 Å². The van der Waals surface area contributed by atoms with E-state index < -0.39 is 0 Å². The maximum absolute atomic E-state index is 9.35. The van der Waals surface area contributed by atoms with Crippen molar-refractivity contribution in [2.45, 2.75) is 51.8 Å². The number of rotatable bonds is 3. The minimum Gasteiger partial charge on any atom is -0.390 e. The number of imidazole rings is 1. The fraction of sp³-hybridized carbons (Fsp3) is 0.750. The number of aromatic nitrogens is 2. The van der Waals surface area contributed by atoms with Crippen LogP contribution in [0.3, 0.4) is 0 Å². The Labute approximate surface area is 96.7 Å². The van der Waals surface area contributed by atoms with Crippen molar-refractivity contribution in [3.63, 3.8) is 0 Å². The Morgan fingerprint density at radius 2 is 2.19 bits per heavy atom. The fourth-order valence-corrected chi connectivity index (χ4v) is 2.33. The molecular weight excluding hydrogens is 202 g/mol. The van der Waals surface area contributed by atoms with E-state index in [1.807, 2.05) is 7.05 Å². The van der Waals surface area contributed by atoms with Crippen LogP contribution in [0.5, 0.6) is 0 Å². The van der Waals surface area contributed by atoms with E-state index >= 15 is 0 Å². The number of hydrogen-bond acceptors (Lipinski definition) is 3. The lowest BCUT2D eigenvalue weighted by Gasteiger charge is -2.26. The molecule has 0 saturated carbocycles. The molecule has 0 unspecified atom stereocenters. The van der Waals surface area contributed by atoms with Gasteiger partial charge in [0, 0.05) is 12.2 Å². The van der Waals surface area contributed by atoms with E-state index in [4.69, 9.17) is 0 Å². The summed E-state index contributed by atoms with van der Waals surface area (Å²) in [5.74, 6) is 1.05. The van der Waals surface area contributed by atoms with Crippen molar-refractivity contribution in [3.05, 3.63) is 17.2 Å². The molecule has 2 rings (SSSR count). The summed E-state index contributed by atoms with van der Waals surface area (Å²) < 4.78 is 2.28. The number of hydrogen-bond donors (Lipinski definition) is 2. The Bertz CT molecular complexity index is 382. The van der Waals surface area contributed by atoms with Crippen molar-refractivity contribution in [1.82, 2.24) is 14.9 Å².